The van der Waals surface area contributed by atoms with Crippen LogP contribution in [0.25, 0.3) is 0 Å². The van der Waals surface area contributed by atoms with Crippen LogP contribution in [0.3, 0.4) is 0 Å². The molecule has 1 amide bonds. The van der Waals surface area contributed by atoms with Gasteiger partial charge in [0.05, 0.1) is 12.2 Å². The highest BCUT2D eigenvalue weighted by Crippen LogP contribution is 2.26. The van der Waals surface area contributed by atoms with Crippen LogP contribution in [0, 0.1) is 13.8 Å². The van der Waals surface area contributed by atoms with Gasteiger partial charge in [-0.05, 0) is 55.2 Å². The number of anilines is 1. The fourth-order valence-corrected chi connectivity index (χ4v) is 3.14. The van der Waals surface area contributed by atoms with Crippen LogP contribution in [0.2, 0.25) is 0 Å². The predicted molar refractivity (Wildman–Crippen MR) is 95.4 cm³/mol. The number of ether oxygens (including phenoxy) is 1. The van der Waals surface area contributed by atoms with E-state index >= 15 is 0 Å². The fraction of sp³-hybridized carbons (Fsp3) is 0.300. The first-order valence-corrected chi connectivity index (χ1v) is 8.29. The van der Waals surface area contributed by atoms with Crippen LogP contribution >= 0.6 is 0 Å². The Kier molecular flexibility index (Phi) is 4.86. The monoisotopic (exact) mass is 339 g/mol. The second-order valence-corrected chi connectivity index (χ2v) is 6.43. The van der Waals surface area contributed by atoms with Crippen molar-refractivity contribution < 1.29 is 19.4 Å². The van der Waals surface area contributed by atoms with E-state index in [1.165, 1.54) is 6.07 Å². The molecule has 5 heteroatoms. The lowest BCUT2D eigenvalue weighted by molar-refractivity contribution is 0.0695. The van der Waals surface area contributed by atoms with Gasteiger partial charge in [0.2, 0.25) is 0 Å². The molecule has 1 unspecified atom stereocenters. The molecule has 0 saturated carbocycles. The van der Waals surface area contributed by atoms with Crippen molar-refractivity contribution in [2.75, 3.05) is 18.5 Å². The Bertz CT molecular complexity index is 822. The van der Waals surface area contributed by atoms with Crippen LogP contribution in [0.4, 0.5) is 5.69 Å². The number of aromatic carboxylic acids is 1. The summed E-state index contributed by atoms with van der Waals surface area (Å²) in [6, 6.07) is 10.8. The SMILES string of the molecule is Cc1cc(C)c(C(=O)O)cc1NC(=O)c1cccc(C2CCOC2)c1. The first-order valence-electron chi connectivity index (χ1n) is 8.29. The normalized spacial score (nSPS) is 16.6. The van der Waals surface area contributed by atoms with Crippen molar-refractivity contribution in [1.82, 2.24) is 0 Å². The first-order chi connectivity index (χ1) is 12.0. The Balaban J connectivity index is 1.84. The molecule has 2 aromatic rings. The van der Waals surface area contributed by atoms with Crippen LogP contribution < -0.4 is 5.32 Å². The maximum Gasteiger partial charge on any atom is 0.336 e. The van der Waals surface area contributed by atoms with Crippen LogP contribution in [0.5, 0.6) is 0 Å². The maximum atomic E-state index is 12.6. The number of carbonyl (C=O) groups excluding carboxylic acids is 1. The van der Waals surface area contributed by atoms with E-state index in [9.17, 15) is 14.7 Å². The van der Waals surface area contributed by atoms with Crippen molar-refractivity contribution in [3.8, 4) is 0 Å². The van der Waals surface area contributed by atoms with Crippen molar-refractivity contribution in [3.63, 3.8) is 0 Å². The third-order valence-corrected chi connectivity index (χ3v) is 4.60. The summed E-state index contributed by atoms with van der Waals surface area (Å²) in [6.45, 7) is 5.03. The Morgan fingerprint density at radius 2 is 1.96 bits per heavy atom. The molecule has 0 aromatic heterocycles. The minimum Gasteiger partial charge on any atom is -0.478 e. The first kappa shape index (κ1) is 17.2. The lowest BCUT2D eigenvalue weighted by Gasteiger charge is -2.13. The Morgan fingerprint density at radius 3 is 2.64 bits per heavy atom. The smallest absolute Gasteiger partial charge is 0.336 e. The number of hydrogen-bond acceptors (Lipinski definition) is 3. The highest BCUT2D eigenvalue weighted by Gasteiger charge is 2.19. The number of carboxylic acid groups (broad SMARTS) is 1. The van der Waals surface area contributed by atoms with Crippen LogP contribution in [-0.4, -0.2) is 30.2 Å². The number of nitrogens with one attached hydrogen (secondary N) is 1. The lowest BCUT2D eigenvalue weighted by Crippen LogP contribution is -2.14. The predicted octanol–water partition coefficient (Wildman–Crippen LogP) is 3.76. The molecule has 1 fully saturated rings. The molecule has 2 aromatic carbocycles. The third-order valence-electron chi connectivity index (χ3n) is 4.60. The molecule has 0 spiro atoms. The minimum absolute atomic E-state index is 0.192. The number of carboxylic acids is 1. The quantitative estimate of drug-likeness (QED) is 0.889. The van der Waals surface area contributed by atoms with E-state index in [1.54, 1.807) is 19.1 Å². The zero-order valence-corrected chi connectivity index (χ0v) is 14.3. The summed E-state index contributed by atoms with van der Waals surface area (Å²) >= 11 is 0. The highest BCUT2D eigenvalue weighted by atomic mass is 16.5. The van der Waals surface area contributed by atoms with Gasteiger partial charge in [-0.15, -0.1) is 0 Å². The zero-order chi connectivity index (χ0) is 18.0. The van der Waals surface area contributed by atoms with E-state index in [4.69, 9.17) is 4.74 Å². The second kappa shape index (κ2) is 7.07. The van der Waals surface area contributed by atoms with E-state index in [1.807, 2.05) is 25.1 Å². The molecule has 1 heterocycles. The summed E-state index contributed by atoms with van der Waals surface area (Å²) in [5.74, 6) is -0.923. The largest absolute Gasteiger partial charge is 0.478 e. The molecule has 1 aliphatic rings. The van der Waals surface area contributed by atoms with Crippen molar-refractivity contribution in [1.29, 1.82) is 0 Å². The van der Waals surface area contributed by atoms with Crippen LogP contribution in [-0.2, 0) is 4.74 Å². The average molecular weight is 339 g/mol. The molecule has 25 heavy (non-hydrogen) atoms. The molecule has 130 valence electrons. The number of carbonyl (C=O) groups is 2. The summed E-state index contributed by atoms with van der Waals surface area (Å²) in [4.78, 5) is 23.9. The summed E-state index contributed by atoms with van der Waals surface area (Å²) in [7, 11) is 0. The second-order valence-electron chi connectivity index (χ2n) is 6.43. The Hall–Kier alpha value is -2.66. The number of rotatable bonds is 4. The topological polar surface area (TPSA) is 75.6 Å². The Morgan fingerprint density at radius 1 is 1.16 bits per heavy atom. The molecule has 1 saturated heterocycles. The van der Waals surface area contributed by atoms with Crippen LogP contribution in [0.1, 0.15) is 49.7 Å². The summed E-state index contributed by atoms with van der Waals surface area (Å²) < 4.78 is 5.41. The van der Waals surface area contributed by atoms with Gasteiger partial charge in [0.25, 0.3) is 5.91 Å². The van der Waals surface area contributed by atoms with E-state index < -0.39 is 5.97 Å². The number of benzene rings is 2. The van der Waals surface area contributed by atoms with Gasteiger partial charge in [0.1, 0.15) is 0 Å². The van der Waals surface area contributed by atoms with Gasteiger partial charge in [0, 0.05) is 23.8 Å². The molecular weight excluding hydrogens is 318 g/mol. The lowest BCUT2D eigenvalue weighted by atomic mass is 9.96. The molecule has 0 radical (unpaired) electrons. The zero-order valence-electron chi connectivity index (χ0n) is 14.3. The van der Waals surface area contributed by atoms with Crippen molar-refractivity contribution in [2.24, 2.45) is 0 Å². The van der Waals surface area contributed by atoms with Gasteiger partial charge < -0.3 is 15.2 Å². The average Bonchev–Trinajstić information content (AvgIpc) is 3.11. The molecule has 0 aliphatic carbocycles. The van der Waals surface area contributed by atoms with Gasteiger partial charge in [-0.3, -0.25) is 4.79 Å². The maximum absolute atomic E-state index is 12.6. The number of aryl methyl sites for hydroxylation is 2. The standard InChI is InChI=1S/C20H21NO4/c1-12-8-13(2)18(10-17(12)20(23)24)21-19(22)15-5-3-4-14(9-15)16-6-7-25-11-16/h3-5,8-10,16H,6-7,11H2,1-2H3,(H,21,22)(H,23,24). The Labute approximate surface area is 146 Å². The van der Waals surface area contributed by atoms with E-state index in [0.29, 0.717) is 29.3 Å². The van der Waals surface area contributed by atoms with Gasteiger partial charge in [-0.1, -0.05) is 18.2 Å². The van der Waals surface area contributed by atoms with Crippen LogP contribution in [0.15, 0.2) is 36.4 Å². The summed E-state index contributed by atoms with van der Waals surface area (Å²) in [6.07, 6.45) is 0.962. The molecule has 1 atom stereocenters. The summed E-state index contributed by atoms with van der Waals surface area (Å²) in [5.41, 5.74) is 3.86. The van der Waals surface area contributed by atoms with Crippen molar-refractivity contribution >= 4 is 17.6 Å². The van der Waals surface area contributed by atoms with Gasteiger partial charge in [-0.25, -0.2) is 4.79 Å². The molecule has 2 N–H and O–H groups in total. The fourth-order valence-electron chi connectivity index (χ4n) is 3.14. The van der Waals surface area contributed by atoms with Gasteiger partial charge in [-0.2, -0.15) is 0 Å². The number of hydrogen-bond donors (Lipinski definition) is 2. The van der Waals surface area contributed by atoms with Crippen molar-refractivity contribution in [3.05, 3.63) is 64.2 Å². The minimum atomic E-state index is -1.00. The van der Waals surface area contributed by atoms with E-state index in [0.717, 1.165) is 24.2 Å². The molecule has 5 nitrogen and oxygen atoms in total. The summed E-state index contributed by atoms with van der Waals surface area (Å²) in [5, 5.41) is 12.1. The molecule has 1 aliphatic heterocycles. The molecule has 0 bridgehead atoms. The molecule has 3 rings (SSSR count). The van der Waals surface area contributed by atoms with Gasteiger partial charge >= 0.3 is 5.97 Å². The van der Waals surface area contributed by atoms with Crippen molar-refractivity contribution in [2.45, 2.75) is 26.2 Å². The molecular formula is C20H21NO4. The highest BCUT2D eigenvalue weighted by molar-refractivity contribution is 6.05. The van der Waals surface area contributed by atoms with Gasteiger partial charge in [0.15, 0.2) is 0 Å². The van der Waals surface area contributed by atoms with E-state index in [-0.39, 0.29) is 11.5 Å². The third kappa shape index (κ3) is 3.72. The van der Waals surface area contributed by atoms with E-state index in [2.05, 4.69) is 5.32 Å². The number of amides is 1.